The topological polar surface area (TPSA) is 53.9 Å². The van der Waals surface area contributed by atoms with Crippen molar-refractivity contribution in [2.75, 3.05) is 0 Å². The zero-order valence-corrected chi connectivity index (χ0v) is 25.6. The maximum atomic E-state index is 15.4. The molecular formula is C37H16F4N4Pt. The molecule has 0 unspecified atom stereocenters. The molecule has 0 aliphatic heterocycles. The van der Waals surface area contributed by atoms with E-state index in [9.17, 15) is 14.0 Å². The van der Waals surface area contributed by atoms with Gasteiger partial charge in [0.05, 0.1) is 35.7 Å². The van der Waals surface area contributed by atoms with Crippen LogP contribution in [-0.4, -0.2) is 9.97 Å². The summed E-state index contributed by atoms with van der Waals surface area (Å²) in [6.07, 6.45) is 0. The van der Waals surface area contributed by atoms with Crippen LogP contribution in [-0.2, 0) is 26.5 Å². The molecule has 4 aromatic carbocycles. The minimum atomic E-state index is -1.22. The number of benzene rings is 4. The van der Waals surface area contributed by atoms with E-state index in [0.29, 0.717) is 11.4 Å². The van der Waals surface area contributed by atoms with Crippen LogP contribution < -0.4 is 0 Å². The molecule has 9 heteroatoms. The SMILES string of the molecule is [C-]#[N+]c1c(F)c[c-]c(-c2cccc(C3(c4cccc(-c5[c-]cc(F)c(C#N)c5F)n4)c4ccccc4-c4ccccc43)n2)c1F.[Pt+2]. The fraction of sp³-hybridized carbons (Fsp3) is 0.0270. The van der Waals surface area contributed by atoms with E-state index in [1.54, 1.807) is 36.4 Å². The molecule has 222 valence electrons. The van der Waals surface area contributed by atoms with Crippen LogP contribution in [0.4, 0.5) is 23.2 Å². The van der Waals surface area contributed by atoms with Gasteiger partial charge in [0, 0.05) is 17.2 Å². The van der Waals surface area contributed by atoms with E-state index in [1.807, 2.05) is 48.5 Å². The second-order valence-corrected chi connectivity index (χ2v) is 10.3. The Morgan fingerprint density at radius 2 is 1.17 bits per heavy atom. The molecule has 1 aliphatic carbocycles. The van der Waals surface area contributed by atoms with Gasteiger partial charge in [0.2, 0.25) is 0 Å². The van der Waals surface area contributed by atoms with Gasteiger partial charge in [-0.3, -0.25) is 32.4 Å². The second kappa shape index (κ2) is 11.8. The van der Waals surface area contributed by atoms with Gasteiger partial charge in [-0.05, 0) is 45.8 Å². The van der Waals surface area contributed by atoms with E-state index in [-0.39, 0.29) is 43.6 Å². The smallest absolute Gasteiger partial charge is 0.300 e. The summed E-state index contributed by atoms with van der Waals surface area (Å²) in [7, 11) is 0. The van der Waals surface area contributed by atoms with Crippen molar-refractivity contribution in [2.45, 2.75) is 5.41 Å². The van der Waals surface area contributed by atoms with Crippen LogP contribution in [0, 0.1) is 53.3 Å². The number of hydrogen-bond acceptors (Lipinski definition) is 3. The first-order valence-electron chi connectivity index (χ1n) is 13.6. The van der Waals surface area contributed by atoms with Gasteiger partial charge < -0.3 is 0 Å². The van der Waals surface area contributed by atoms with Crippen molar-refractivity contribution < 1.29 is 38.6 Å². The normalized spacial score (nSPS) is 12.3. The van der Waals surface area contributed by atoms with E-state index in [4.69, 9.17) is 16.5 Å². The molecule has 0 amide bonds. The number of fused-ring (bicyclic) bond motifs is 3. The van der Waals surface area contributed by atoms with E-state index in [1.165, 1.54) is 6.07 Å². The second-order valence-electron chi connectivity index (χ2n) is 10.3. The molecule has 4 nitrogen and oxygen atoms in total. The van der Waals surface area contributed by atoms with Crippen LogP contribution >= 0.6 is 0 Å². The Morgan fingerprint density at radius 3 is 1.70 bits per heavy atom. The minimum Gasteiger partial charge on any atom is -0.300 e. The number of aromatic nitrogens is 2. The Kier molecular flexibility index (Phi) is 7.86. The Labute approximate surface area is 275 Å². The molecule has 0 saturated heterocycles. The molecule has 7 rings (SSSR count). The third-order valence-corrected chi connectivity index (χ3v) is 7.97. The molecule has 6 aromatic rings. The number of pyridine rings is 2. The van der Waals surface area contributed by atoms with Crippen molar-refractivity contribution in [2.24, 2.45) is 0 Å². The number of hydrogen-bond donors (Lipinski definition) is 0. The molecule has 1 aliphatic rings. The number of nitrogens with zero attached hydrogens (tertiary/aromatic N) is 4. The quantitative estimate of drug-likeness (QED) is 0.133. The van der Waals surface area contributed by atoms with Crippen molar-refractivity contribution in [3.05, 3.63) is 172 Å². The van der Waals surface area contributed by atoms with Crippen molar-refractivity contribution in [1.29, 1.82) is 5.26 Å². The summed E-state index contributed by atoms with van der Waals surface area (Å²) in [6.45, 7) is 7.25. The van der Waals surface area contributed by atoms with Gasteiger partial charge in [-0.2, -0.15) is 5.26 Å². The van der Waals surface area contributed by atoms with Gasteiger partial charge in [0.15, 0.2) is 5.69 Å². The van der Waals surface area contributed by atoms with Crippen LogP contribution in [0.2, 0.25) is 0 Å². The molecule has 0 atom stereocenters. The van der Waals surface area contributed by atoms with Crippen molar-refractivity contribution >= 4 is 5.69 Å². The van der Waals surface area contributed by atoms with E-state index < -0.39 is 39.9 Å². The Hall–Kier alpha value is -5.43. The van der Waals surface area contributed by atoms with Gasteiger partial charge >= 0.3 is 21.1 Å². The maximum absolute atomic E-state index is 15.4. The molecule has 2 aromatic heterocycles. The van der Waals surface area contributed by atoms with Crippen LogP contribution in [0.15, 0.2) is 97.1 Å². The summed E-state index contributed by atoms with van der Waals surface area (Å²) < 4.78 is 59.1. The number of rotatable bonds is 4. The summed E-state index contributed by atoms with van der Waals surface area (Å²) in [4.78, 5) is 12.8. The van der Waals surface area contributed by atoms with Crippen LogP contribution in [0.3, 0.4) is 0 Å². The summed E-state index contributed by atoms with van der Waals surface area (Å²) in [5, 5.41) is 9.35. The van der Waals surface area contributed by atoms with Gasteiger partial charge in [-0.15, -0.1) is 29.8 Å². The number of nitriles is 1. The third-order valence-electron chi connectivity index (χ3n) is 7.97. The average Bonchev–Trinajstić information content (AvgIpc) is 3.37. The first-order chi connectivity index (χ1) is 21.9. The Bertz CT molecular complexity index is 2110. The molecule has 0 fully saturated rings. The minimum absolute atomic E-state index is 0. The van der Waals surface area contributed by atoms with E-state index in [0.717, 1.165) is 34.4 Å². The Morgan fingerprint density at radius 1 is 0.674 bits per heavy atom. The van der Waals surface area contributed by atoms with Crippen molar-refractivity contribution in [3.63, 3.8) is 0 Å². The molecule has 46 heavy (non-hydrogen) atoms. The van der Waals surface area contributed by atoms with Crippen LogP contribution in [0.1, 0.15) is 28.1 Å². The first kappa shape index (κ1) is 30.6. The van der Waals surface area contributed by atoms with Crippen LogP contribution in [0.5, 0.6) is 0 Å². The van der Waals surface area contributed by atoms with Gasteiger partial charge in [0.25, 0.3) is 0 Å². The van der Waals surface area contributed by atoms with Gasteiger partial charge in [-0.25, -0.2) is 0 Å². The predicted octanol–water partition coefficient (Wildman–Crippen LogP) is 8.75. The van der Waals surface area contributed by atoms with Gasteiger partial charge in [0.1, 0.15) is 5.41 Å². The Balaban J connectivity index is 0.00000372. The summed E-state index contributed by atoms with van der Waals surface area (Å²) in [5.41, 5.74) is 1.39. The summed E-state index contributed by atoms with van der Waals surface area (Å²) in [5.74, 6) is -4.21. The molecule has 0 radical (unpaired) electrons. The average molecular weight is 788 g/mol. The molecular weight excluding hydrogens is 772 g/mol. The number of halogens is 4. The van der Waals surface area contributed by atoms with E-state index >= 15 is 8.78 Å². The summed E-state index contributed by atoms with van der Waals surface area (Å²) >= 11 is 0. The third kappa shape index (κ3) is 4.45. The monoisotopic (exact) mass is 787 g/mol. The van der Waals surface area contributed by atoms with Gasteiger partial charge in [-0.1, -0.05) is 78.4 Å². The van der Waals surface area contributed by atoms with E-state index in [2.05, 4.69) is 17.0 Å². The predicted molar refractivity (Wildman–Crippen MR) is 159 cm³/mol. The largest absolute Gasteiger partial charge is 2.00 e. The van der Waals surface area contributed by atoms with Crippen molar-refractivity contribution in [3.8, 4) is 39.7 Å². The fourth-order valence-corrected chi connectivity index (χ4v) is 6.05. The fourth-order valence-electron chi connectivity index (χ4n) is 6.05. The zero-order valence-electron chi connectivity index (χ0n) is 23.4. The summed E-state index contributed by atoms with van der Waals surface area (Å²) in [6, 6.07) is 33.8. The molecule has 0 saturated carbocycles. The zero-order chi connectivity index (χ0) is 31.3. The standard InChI is InChI=1S/C37H16F4N4.Pt/c1-43-36-29(39)19-17-24(35(36)41)31-13-7-15-33(45-31)37(26-10-4-2-8-21(26)22-9-3-5-11-27(22)37)32-14-6-12-30(44-32)23-16-18-28(38)25(20-42)34(23)40;/h2-15,18-19H;/q-2;+2. The van der Waals surface area contributed by atoms with Crippen LogP contribution in [0.25, 0.3) is 38.5 Å². The molecule has 0 N–H and O–H groups in total. The first-order valence-corrected chi connectivity index (χ1v) is 13.6. The molecule has 2 heterocycles. The molecule has 0 bridgehead atoms. The maximum Gasteiger partial charge on any atom is 2.00 e. The van der Waals surface area contributed by atoms with Crippen molar-refractivity contribution in [1.82, 2.24) is 9.97 Å². The molecule has 0 spiro atoms.